The molecule has 0 amide bonds. The summed E-state index contributed by atoms with van der Waals surface area (Å²) in [6.45, 7) is 3.57. The molecule has 1 saturated heterocycles. The number of fused-ring (bicyclic) bond motifs is 1. The molecule has 2 atom stereocenters. The lowest BCUT2D eigenvalue weighted by molar-refractivity contribution is 0.0904. The summed E-state index contributed by atoms with van der Waals surface area (Å²) in [5.74, 6) is 0.932. The Morgan fingerprint density at radius 1 is 1.29 bits per heavy atom. The SMILES string of the molecule is C[C@@H](N)c1ccc2ccccc2c1OCCC1CCCO1. The average molecular weight is 285 g/mol. The van der Waals surface area contributed by atoms with E-state index in [2.05, 4.69) is 24.3 Å². The summed E-state index contributed by atoms with van der Waals surface area (Å²) in [7, 11) is 0. The lowest BCUT2D eigenvalue weighted by atomic mass is 10.0. The average Bonchev–Trinajstić information content (AvgIpc) is 3.00. The smallest absolute Gasteiger partial charge is 0.131 e. The summed E-state index contributed by atoms with van der Waals surface area (Å²) >= 11 is 0. The van der Waals surface area contributed by atoms with Gasteiger partial charge in [0.2, 0.25) is 0 Å². The van der Waals surface area contributed by atoms with E-state index in [-0.39, 0.29) is 6.04 Å². The highest BCUT2D eigenvalue weighted by molar-refractivity contribution is 5.89. The van der Waals surface area contributed by atoms with Crippen LogP contribution in [0.4, 0.5) is 0 Å². The van der Waals surface area contributed by atoms with E-state index >= 15 is 0 Å². The highest BCUT2D eigenvalue weighted by atomic mass is 16.5. The van der Waals surface area contributed by atoms with E-state index in [0.717, 1.165) is 36.1 Å². The van der Waals surface area contributed by atoms with Crippen molar-refractivity contribution < 1.29 is 9.47 Å². The summed E-state index contributed by atoms with van der Waals surface area (Å²) in [5.41, 5.74) is 7.17. The molecule has 0 radical (unpaired) electrons. The van der Waals surface area contributed by atoms with Crippen LogP contribution >= 0.6 is 0 Å². The van der Waals surface area contributed by atoms with Crippen LogP contribution in [0.5, 0.6) is 5.75 Å². The minimum absolute atomic E-state index is 0.0349. The van der Waals surface area contributed by atoms with Gasteiger partial charge < -0.3 is 15.2 Å². The van der Waals surface area contributed by atoms with Crippen molar-refractivity contribution in [3.05, 3.63) is 42.0 Å². The van der Waals surface area contributed by atoms with E-state index in [1.807, 2.05) is 19.1 Å². The Labute approximate surface area is 126 Å². The zero-order valence-electron chi connectivity index (χ0n) is 12.5. The maximum Gasteiger partial charge on any atom is 0.131 e. The van der Waals surface area contributed by atoms with Gasteiger partial charge in [0.05, 0.1) is 12.7 Å². The fraction of sp³-hybridized carbons (Fsp3) is 0.444. The zero-order valence-corrected chi connectivity index (χ0v) is 12.5. The molecule has 112 valence electrons. The van der Waals surface area contributed by atoms with Crippen LogP contribution < -0.4 is 10.5 Å². The molecule has 3 nitrogen and oxygen atoms in total. The van der Waals surface area contributed by atoms with Gasteiger partial charge in [0.25, 0.3) is 0 Å². The summed E-state index contributed by atoms with van der Waals surface area (Å²) in [5, 5.41) is 2.33. The van der Waals surface area contributed by atoms with E-state index in [9.17, 15) is 0 Å². The van der Waals surface area contributed by atoms with Gasteiger partial charge in [-0.05, 0) is 25.2 Å². The fourth-order valence-electron chi connectivity index (χ4n) is 2.94. The molecule has 3 heteroatoms. The van der Waals surface area contributed by atoms with Crippen LogP contribution in [0, 0.1) is 0 Å². The van der Waals surface area contributed by atoms with Gasteiger partial charge in [-0.3, -0.25) is 0 Å². The molecule has 0 spiro atoms. The molecular weight excluding hydrogens is 262 g/mol. The van der Waals surface area contributed by atoms with Gasteiger partial charge in [-0.15, -0.1) is 0 Å². The molecule has 0 saturated carbocycles. The highest BCUT2D eigenvalue weighted by Gasteiger charge is 2.17. The van der Waals surface area contributed by atoms with Crippen molar-refractivity contribution in [3.8, 4) is 5.75 Å². The maximum atomic E-state index is 6.11. The molecule has 2 aromatic carbocycles. The predicted molar refractivity (Wildman–Crippen MR) is 85.6 cm³/mol. The first-order valence-electron chi connectivity index (χ1n) is 7.77. The summed E-state index contributed by atoms with van der Waals surface area (Å²) in [6.07, 6.45) is 3.63. The Morgan fingerprint density at radius 3 is 2.90 bits per heavy atom. The molecule has 3 rings (SSSR count). The van der Waals surface area contributed by atoms with Gasteiger partial charge in [-0.25, -0.2) is 0 Å². The number of hydrogen-bond donors (Lipinski definition) is 1. The van der Waals surface area contributed by atoms with Gasteiger partial charge in [0, 0.05) is 30.0 Å². The molecular formula is C18H23NO2. The normalized spacial score (nSPS) is 19.8. The second-order valence-electron chi connectivity index (χ2n) is 5.77. The van der Waals surface area contributed by atoms with Crippen LogP contribution in [0.2, 0.25) is 0 Å². The van der Waals surface area contributed by atoms with Crippen LogP contribution in [0.15, 0.2) is 36.4 Å². The Hall–Kier alpha value is -1.58. The molecule has 21 heavy (non-hydrogen) atoms. The van der Waals surface area contributed by atoms with Crippen LogP contribution in [0.3, 0.4) is 0 Å². The van der Waals surface area contributed by atoms with E-state index in [1.54, 1.807) is 0 Å². The lowest BCUT2D eigenvalue weighted by Gasteiger charge is -2.18. The van der Waals surface area contributed by atoms with Gasteiger partial charge in [0.15, 0.2) is 0 Å². The molecule has 1 aliphatic heterocycles. The molecule has 0 aliphatic carbocycles. The second-order valence-corrected chi connectivity index (χ2v) is 5.77. The minimum Gasteiger partial charge on any atom is -0.492 e. The zero-order chi connectivity index (χ0) is 14.7. The lowest BCUT2D eigenvalue weighted by Crippen LogP contribution is -2.13. The number of ether oxygens (including phenoxy) is 2. The van der Waals surface area contributed by atoms with Crippen molar-refractivity contribution in [3.63, 3.8) is 0 Å². The Bertz CT molecular complexity index is 603. The Balaban J connectivity index is 1.82. The number of hydrogen-bond acceptors (Lipinski definition) is 3. The van der Waals surface area contributed by atoms with Crippen molar-refractivity contribution in [1.29, 1.82) is 0 Å². The van der Waals surface area contributed by atoms with E-state index in [4.69, 9.17) is 15.2 Å². The van der Waals surface area contributed by atoms with Crippen molar-refractivity contribution in [2.24, 2.45) is 5.73 Å². The molecule has 1 heterocycles. The number of rotatable bonds is 5. The van der Waals surface area contributed by atoms with Crippen LogP contribution in [-0.2, 0) is 4.74 Å². The minimum atomic E-state index is -0.0349. The van der Waals surface area contributed by atoms with Gasteiger partial charge in [-0.2, -0.15) is 0 Å². The van der Waals surface area contributed by atoms with E-state index in [1.165, 1.54) is 11.8 Å². The van der Waals surface area contributed by atoms with Crippen LogP contribution in [-0.4, -0.2) is 19.3 Å². The topological polar surface area (TPSA) is 44.5 Å². The van der Waals surface area contributed by atoms with E-state index in [0.29, 0.717) is 12.7 Å². The summed E-state index contributed by atoms with van der Waals surface area (Å²) in [4.78, 5) is 0. The molecule has 1 aliphatic rings. The Kier molecular flexibility index (Phi) is 4.42. The highest BCUT2D eigenvalue weighted by Crippen LogP contribution is 2.33. The predicted octanol–water partition coefficient (Wildman–Crippen LogP) is 3.81. The first kappa shape index (κ1) is 14.4. The van der Waals surface area contributed by atoms with Crippen molar-refractivity contribution in [1.82, 2.24) is 0 Å². The van der Waals surface area contributed by atoms with Gasteiger partial charge in [-0.1, -0.05) is 36.4 Å². The molecule has 0 bridgehead atoms. The number of benzene rings is 2. The summed E-state index contributed by atoms with van der Waals surface area (Å²) in [6, 6.07) is 12.4. The maximum absolute atomic E-state index is 6.11. The van der Waals surface area contributed by atoms with Crippen molar-refractivity contribution >= 4 is 10.8 Å². The molecule has 2 N–H and O–H groups in total. The van der Waals surface area contributed by atoms with Crippen LogP contribution in [0.1, 0.15) is 37.8 Å². The first-order chi connectivity index (χ1) is 10.3. The molecule has 1 fully saturated rings. The van der Waals surface area contributed by atoms with Crippen molar-refractivity contribution in [2.45, 2.75) is 38.3 Å². The first-order valence-corrected chi connectivity index (χ1v) is 7.77. The molecule has 1 unspecified atom stereocenters. The quantitative estimate of drug-likeness (QED) is 0.908. The second kappa shape index (κ2) is 6.46. The van der Waals surface area contributed by atoms with E-state index < -0.39 is 0 Å². The fourth-order valence-corrected chi connectivity index (χ4v) is 2.94. The summed E-state index contributed by atoms with van der Waals surface area (Å²) < 4.78 is 11.8. The molecule has 2 aromatic rings. The van der Waals surface area contributed by atoms with Gasteiger partial charge in [0.1, 0.15) is 5.75 Å². The van der Waals surface area contributed by atoms with Gasteiger partial charge >= 0.3 is 0 Å². The van der Waals surface area contributed by atoms with Crippen LogP contribution in [0.25, 0.3) is 10.8 Å². The Morgan fingerprint density at radius 2 is 2.14 bits per heavy atom. The third kappa shape index (κ3) is 3.20. The number of nitrogens with two attached hydrogens (primary N) is 1. The molecule has 0 aromatic heterocycles. The van der Waals surface area contributed by atoms with Crippen molar-refractivity contribution in [2.75, 3.05) is 13.2 Å². The largest absolute Gasteiger partial charge is 0.492 e. The third-order valence-corrected chi connectivity index (χ3v) is 4.11. The standard InChI is InChI=1S/C18H23NO2/c1-13(19)16-9-8-14-5-2-3-7-17(14)18(16)21-12-10-15-6-4-11-20-15/h2-3,5,7-9,13,15H,4,6,10-12,19H2,1H3/t13-,15?/m1/s1. The monoisotopic (exact) mass is 285 g/mol. The third-order valence-electron chi connectivity index (χ3n) is 4.11.